The molecule has 0 unspecified atom stereocenters. The Labute approximate surface area is 287 Å². The quantitative estimate of drug-likeness (QED) is 0.129. The van der Waals surface area contributed by atoms with E-state index in [1.165, 1.54) is 0 Å². The Kier molecular flexibility index (Phi) is 11.0. The van der Waals surface area contributed by atoms with Crippen molar-refractivity contribution in [3.8, 4) is 16.9 Å². The van der Waals surface area contributed by atoms with Crippen LogP contribution in [0.2, 0.25) is 0 Å². The zero-order valence-corrected chi connectivity index (χ0v) is 28.5. The van der Waals surface area contributed by atoms with Crippen LogP contribution in [0.15, 0.2) is 137 Å². The molecule has 1 aliphatic heterocycles. The lowest BCUT2D eigenvalue weighted by molar-refractivity contribution is -0.268. The van der Waals surface area contributed by atoms with Crippen molar-refractivity contribution in [2.24, 2.45) is 5.92 Å². The average molecular weight is 682 g/mol. The lowest BCUT2D eigenvalue weighted by Gasteiger charge is -2.41. The van der Waals surface area contributed by atoms with Gasteiger partial charge in [0.1, 0.15) is 5.75 Å². The summed E-state index contributed by atoms with van der Waals surface area (Å²) in [7, 11) is -1.93. The van der Waals surface area contributed by atoms with Crippen molar-refractivity contribution in [1.82, 2.24) is 4.72 Å². The van der Waals surface area contributed by atoms with Gasteiger partial charge < -0.3 is 19.3 Å². The largest absolute Gasteiger partial charge is 0.496 e. The van der Waals surface area contributed by atoms with Crippen molar-refractivity contribution in [3.05, 3.63) is 150 Å². The second-order valence-corrected chi connectivity index (χ2v) is 14.6. The van der Waals surface area contributed by atoms with Crippen LogP contribution in [0.3, 0.4) is 0 Å². The molecule has 248 valence electrons. The standard InChI is InChI=1S/C39H39NO6S2/c1-27-36(26-47-37-14-7-6-13-35(37)44-2)45-39(46-38(27)31-17-15-28(25-41)16-18-31)32-21-19-30(20-22-32)33-10-8-9-29(23-33)24-40-48(42,43)34-11-4-3-5-12-34/h3-23,27,36,38-41H,24-26H2,1-2H3/t27-,36+,38+,39+/m1/s1. The SMILES string of the molecule is COc1ccccc1SC[C@@H]1O[C@H](c2ccc(-c3cccc(CNS(=O)(=O)c4ccccc4)c3)cc2)O[C@H](c2ccc(CO)cc2)[C@@H]1C. The molecule has 9 heteroatoms. The topological polar surface area (TPSA) is 94.1 Å². The highest BCUT2D eigenvalue weighted by Crippen LogP contribution is 2.44. The minimum Gasteiger partial charge on any atom is -0.496 e. The van der Waals surface area contributed by atoms with Gasteiger partial charge in [0.15, 0.2) is 6.29 Å². The molecule has 1 saturated heterocycles. The molecule has 5 aromatic rings. The van der Waals surface area contributed by atoms with Crippen molar-refractivity contribution in [2.75, 3.05) is 12.9 Å². The molecule has 0 bridgehead atoms. The number of thioether (sulfide) groups is 1. The lowest BCUT2D eigenvalue weighted by Crippen LogP contribution is -2.38. The first-order chi connectivity index (χ1) is 23.3. The molecule has 0 aromatic heterocycles. The molecule has 0 saturated carbocycles. The van der Waals surface area contributed by atoms with Crippen molar-refractivity contribution in [1.29, 1.82) is 0 Å². The van der Waals surface area contributed by atoms with Crippen molar-refractivity contribution >= 4 is 21.8 Å². The van der Waals surface area contributed by atoms with E-state index in [1.54, 1.807) is 49.2 Å². The summed E-state index contributed by atoms with van der Waals surface area (Å²) in [5.74, 6) is 1.61. The Balaban J connectivity index is 1.20. The number of hydrogen-bond donors (Lipinski definition) is 2. The fourth-order valence-electron chi connectivity index (χ4n) is 5.77. The number of aliphatic hydroxyl groups excluding tert-OH is 1. The third kappa shape index (κ3) is 8.01. The molecule has 1 fully saturated rings. The van der Waals surface area contributed by atoms with Gasteiger partial charge in [0, 0.05) is 28.7 Å². The predicted octanol–water partition coefficient (Wildman–Crippen LogP) is 7.92. The van der Waals surface area contributed by atoms with E-state index >= 15 is 0 Å². The maximum atomic E-state index is 12.7. The summed E-state index contributed by atoms with van der Waals surface area (Å²) in [6.07, 6.45) is -0.909. The van der Waals surface area contributed by atoms with Crippen LogP contribution >= 0.6 is 11.8 Å². The minimum atomic E-state index is -3.61. The van der Waals surface area contributed by atoms with Crippen LogP contribution in [0.25, 0.3) is 11.1 Å². The van der Waals surface area contributed by atoms with Gasteiger partial charge in [0.2, 0.25) is 10.0 Å². The average Bonchev–Trinajstić information content (AvgIpc) is 3.14. The maximum absolute atomic E-state index is 12.7. The molecule has 1 aliphatic rings. The highest BCUT2D eigenvalue weighted by Gasteiger charge is 2.38. The first-order valence-corrected chi connectivity index (χ1v) is 18.3. The fourth-order valence-corrected chi connectivity index (χ4v) is 8.01. The van der Waals surface area contributed by atoms with E-state index in [2.05, 4.69) is 17.7 Å². The minimum absolute atomic E-state index is 0.0101. The molecule has 6 rings (SSSR count). The second-order valence-electron chi connectivity index (χ2n) is 11.7. The molecular weight excluding hydrogens is 643 g/mol. The van der Waals surface area contributed by atoms with Crippen LogP contribution in [0.1, 0.15) is 41.6 Å². The van der Waals surface area contributed by atoms with Crippen molar-refractivity contribution in [2.45, 2.75) is 48.4 Å². The van der Waals surface area contributed by atoms with E-state index in [4.69, 9.17) is 14.2 Å². The number of sulfonamides is 1. The Morgan fingerprint density at radius 2 is 1.48 bits per heavy atom. The summed E-state index contributed by atoms with van der Waals surface area (Å²) >= 11 is 1.71. The second kappa shape index (κ2) is 15.5. The van der Waals surface area contributed by atoms with Crippen LogP contribution in [-0.4, -0.2) is 32.5 Å². The van der Waals surface area contributed by atoms with E-state index in [1.807, 2.05) is 91.0 Å². The molecule has 0 radical (unpaired) electrons. The molecule has 5 aromatic carbocycles. The van der Waals surface area contributed by atoms with E-state index in [0.29, 0.717) is 5.75 Å². The van der Waals surface area contributed by atoms with Gasteiger partial charge in [0.25, 0.3) is 0 Å². The number of nitrogens with one attached hydrogen (secondary N) is 1. The Morgan fingerprint density at radius 1 is 0.771 bits per heavy atom. The molecule has 0 aliphatic carbocycles. The van der Waals surface area contributed by atoms with Crippen LogP contribution in [0, 0.1) is 5.92 Å². The molecule has 7 nitrogen and oxygen atoms in total. The number of para-hydroxylation sites is 1. The Morgan fingerprint density at radius 3 is 2.21 bits per heavy atom. The van der Waals surface area contributed by atoms with Crippen LogP contribution in [0.5, 0.6) is 5.75 Å². The van der Waals surface area contributed by atoms with Gasteiger partial charge in [-0.25, -0.2) is 13.1 Å². The van der Waals surface area contributed by atoms with Gasteiger partial charge in [0.05, 0.1) is 30.8 Å². The van der Waals surface area contributed by atoms with Crippen LogP contribution < -0.4 is 9.46 Å². The molecule has 1 heterocycles. The van der Waals surface area contributed by atoms with Crippen molar-refractivity contribution < 1.29 is 27.7 Å². The molecule has 4 atom stereocenters. The smallest absolute Gasteiger partial charge is 0.240 e. The summed E-state index contributed by atoms with van der Waals surface area (Å²) in [6, 6.07) is 40.2. The summed E-state index contributed by atoms with van der Waals surface area (Å²) in [4.78, 5) is 1.30. The van der Waals surface area contributed by atoms with E-state index in [0.717, 1.165) is 44.0 Å². The Bertz CT molecular complexity index is 1900. The summed E-state index contributed by atoms with van der Waals surface area (Å²) in [6.45, 7) is 2.33. The molecule has 0 spiro atoms. The van der Waals surface area contributed by atoms with Crippen LogP contribution in [0.4, 0.5) is 0 Å². The van der Waals surface area contributed by atoms with E-state index in [9.17, 15) is 13.5 Å². The van der Waals surface area contributed by atoms with E-state index in [-0.39, 0.29) is 36.2 Å². The number of benzene rings is 5. The van der Waals surface area contributed by atoms with Gasteiger partial charge in [-0.2, -0.15) is 0 Å². The zero-order valence-electron chi connectivity index (χ0n) is 26.9. The van der Waals surface area contributed by atoms with Gasteiger partial charge in [-0.05, 0) is 58.1 Å². The predicted molar refractivity (Wildman–Crippen MR) is 189 cm³/mol. The summed E-state index contributed by atoms with van der Waals surface area (Å²) in [5.41, 5.74) is 5.62. The third-order valence-corrected chi connectivity index (χ3v) is 11.1. The molecule has 0 amide bonds. The Hall–Kier alpha value is -3.96. The summed E-state index contributed by atoms with van der Waals surface area (Å²) < 4.78 is 47.0. The summed E-state index contributed by atoms with van der Waals surface area (Å²) in [5, 5.41) is 9.57. The maximum Gasteiger partial charge on any atom is 0.240 e. The van der Waals surface area contributed by atoms with Gasteiger partial charge in [-0.3, -0.25) is 0 Å². The molecule has 48 heavy (non-hydrogen) atoms. The lowest BCUT2D eigenvalue weighted by atomic mass is 9.91. The van der Waals surface area contributed by atoms with Crippen molar-refractivity contribution in [3.63, 3.8) is 0 Å². The first-order valence-electron chi connectivity index (χ1n) is 15.8. The van der Waals surface area contributed by atoms with Gasteiger partial charge in [-0.15, -0.1) is 11.8 Å². The number of hydrogen-bond acceptors (Lipinski definition) is 7. The number of rotatable bonds is 12. The number of methoxy groups -OCH3 is 1. The van der Waals surface area contributed by atoms with Crippen LogP contribution in [-0.2, 0) is 32.6 Å². The monoisotopic (exact) mass is 681 g/mol. The molecular formula is C39H39NO6S2. The normalized spacial score (nSPS) is 19.6. The molecule has 2 N–H and O–H groups in total. The fraction of sp³-hybridized carbons (Fsp3) is 0.231. The highest BCUT2D eigenvalue weighted by molar-refractivity contribution is 7.99. The number of aliphatic hydroxyl groups is 1. The first kappa shape index (κ1) is 33.9. The highest BCUT2D eigenvalue weighted by atomic mass is 32.2. The van der Waals surface area contributed by atoms with E-state index < -0.39 is 16.3 Å². The zero-order chi connectivity index (χ0) is 33.5. The van der Waals surface area contributed by atoms with Gasteiger partial charge >= 0.3 is 0 Å². The van der Waals surface area contributed by atoms with Gasteiger partial charge in [-0.1, -0.05) is 104 Å². The number of ether oxygens (including phenoxy) is 3. The third-order valence-electron chi connectivity index (χ3n) is 8.56.